The first-order valence-electron chi connectivity index (χ1n) is 3.79. The molecule has 1 unspecified atom stereocenters. The normalized spacial score (nSPS) is 14.4. The first-order valence-corrected chi connectivity index (χ1v) is 4.67. The summed E-state index contributed by atoms with van der Waals surface area (Å²) < 4.78 is 41.5. The Morgan fingerprint density at radius 3 is 2.64 bits per heavy atom. The number of aromatic nitrogens is 1. The number of halogens is 3. The van der Waals surface area contributed by atoms with E-state index in [4.69, 9.17) is 10.2 Å². The van der Waals surface area contributed by atoms with E-state index in [0.29, 0.717) is 17.5 Å². The molecule has 0 amide bonds. The van der Waals surface area contributed by atoms with Crippen LogP contribution in [0.5, 0.6) is 0 Å². The third-order valence-electron chi connectivity index (χ3n) is 1.42. The number of oxazole rings is 1. The smallest absolute Gasteiger partial charge is 0.402 e. The summed E-state index contributed by atoms with van der Waals surface area (Å²) in [7, 11) is 0. The number of hydrogen-bond donors (Lipinski definition) is 1. The number of nitrogens with two attached hydrogens (primary N) is 1. The van der Waals surface area contributed by atoms with Crippen LogP contribution in [0.2, 0.25) is 0 Å². The van der Waals surface area contributed by atoms with Gasteiger partial charge in [-0.3, -0.25) is 0 Å². The number of rotatable bonds is 3. The monoisotopic (exact) mass is 226 g/mol. The summed E-state index contributed by atoms with van der Waals surface area (Å²) in [5.74, 6) is 0. The van der Waals surface area contributed by atoms with Crippen molar-refractivity contribution < 1.29 is 17.6 Å². The minimum Gasteiger partial charge on any atom is -0.440 e. The standard InChI is InChI=1S/C7H9F3N2OS/c1-4-3-13-6(12-4)14-5(2-11)7(8,9)10/h3,5H,2,11H2,1H3. The maximum atomic E-state index is 12.2. The number of aryl methyl sites for hydroxylation is 1. The highest BCUT2D eigenvalue weighted by molar-refractivity contribution is 7.99. The van der Waals surface area contributed by atoms with Gasteiger partial charge in [0.25, 0.3) is 5.22 Å². The predicted octanol–water partition coefficient (Wildman–Crippen LogP) is 1.96. The molecule has 1 heterocycles. The van der Waals surface area contributed by atoms with Crippen LogP contribution < -0.4 is 5.73 Å². The van der Waals surface area contributed by atoms with Gasteiger partial charge >= 0.3 is 6.18 Å². The average Bonchev–Trinajstić information content (AvgIpc) is 2.45. The highest BCUT2D eigenvalue weighted by atomic mass is 32.2. The molecule has 3 nitrogen and oxygen atoms in total. The van der Waals surface area contributed by atoms with Crippen LogP contribution in [-0.4, -0.2) is 23.0 Å². The van der Waals surface area contributed by atoms with Crippen LogP contribution in [0.3, 0.4) is 0 Å². The van der Waals surface area contributed by atoms with Crippen molar-refractivity contribution >= 4 is 11.8 Å². The Morgan fingerprint density at radius 1 is 1.64 bits per heavy atom. The molecule has 0 radical (unpaired) electrons. The zero-order valence-corrected chi connectivity index (χ0v) is 8.15. The van der Waals surface area contributed by atoms with Gasteiger partial charge < -0.3 is 10.2 Å². The van der Waals surface area contributed by atoms with E-state index in [-0.39, 0.29) is 5.22 Å². The van der Waals surface area contributed by atoms with Gasteiger partial charge in [-0.25, -0.2) is 4.98 Å². The Balaban J connectivity index is 2.66. The lowest BCUT2D eigenvalue weighted by Crippen LogP contribution is -2.32. The second kappa shape index (κ2) is 4.22. The van der Waals surface area contributed by atoms with Crippen LogP contribution >= 0.6 is 11.8 Å². The predicted molar refractivity (Wildman–Crippen MR) is 46.0 cm³/mol. The van der Waals surface area contributed by atoms with Crippen LogP contribution in [0, 0.1) is 6.92 Å². The molecule has 1 aromatic rings. The summed E-state index contributed by atoms with van der Waals surface area (Å²) in [4.78, 5) is 3.75. The Kier molecular flexibility index (Phi) is 3.43. The number of thioether (sulfide) groups is 1. The number of nitrogens with zero attached hydrogens (tertiary/aromatic N) is 1. The number of hydrogen-bond acceptors (Lipinski definition) is 4. The fourth-order valence-electron chi connectivity index (χ4n) is 0.757. The van der Waals surface area contributed by atoms with Gasteiger partial charge in [0, 0.05) is 6.54 Å². The number of alkyl halides is 3. The van der Waals surface area contributed by atoms with Crippen molar-refractivity contribution in [1.82, 2.24) is 4.98 Å². The molecule has 0 saturated heterocycles. The van der Waals surface area contributed by atoms with Crippen molar-refractivity contribution in [3.63, 3.8) is 0 Å². The average molecular weight is 226 g/mol. The van der Waals surface area contributed by atoms with Crippen molar-refractivity contribution in [1.29, 1.82) is 0 Å². The molecule has 0 aromatic carbocycles. The van der Waals surface area contributed by atoms with Crippen LogP contribution in [0.15, 0.2) is 15.9 Å². The highest BCUT2D eigenvalue weighted by Gasteiger charge is 2.40. The molecule has 0 spiro atoms. The lowest BCUT2D eigenvalue weighted by molar-refractivity contribution is -0.126. The van der Waals surface area contributed by atoms with E-state index in [0.717, 1.165) is 0 Å². The molecule has 0 aliphatic carbocycles. The molecule has 0 fully saturated rings. The summed E-state index contributed by atoms with van der Waals surface area (Å²) in [6, 6.07) is 0. The van der Waals surface area contributed by atoms with Gasteiger partial charge in [0.1, 0.15) is 11.5 Å². The first kappa shape index (κ1) is 11.4. The Bertz CT molecular complexity index is 299. The highest BCUT2D eigenvalue weighted by Crippen LogP contribution is 2.33. The quantitative estimate of drug-likeness (QED) is 0.800. The van der Waals surface area contributed by atoms with E-state index in [2.05, 4.69) is 4.98 Å². The van der Waals surface area contributed by atoms with Crippen LogP contribution in [0.4, 0.5) is 13.2 Å². The molecule has 0 aliphatic rings. The van der Waals surface area contributed by atoms with E-state index in [1.165, 1.54) is 6.26 Å². The summed E-state index contributed by atoms with van der Waals surface area (Å²) >= 11 is 0.489. The second-order valence-electron chi connectivity index (χ2n) is 2.64. The van der Waals surface area contributed by atoms with Crippen LogP contribution in [0.25, 0.3) is 0 Å². The molecule has 2 N–H and O–H groups in total. The zero-order chi connectivity index (χ0) is 10.8. The van der Waals surface area contributed by atoms with Gasteiger partial charge in [-0.05, 0) is 6.92 Å². The Hall–Kier alpha value is -0.690. The lowest BCUT2D eigenvalue weighted by Gasteiger charge is -2.15. The molecule has 0 aliphatic heterocycles. The molecule has 1 rings (SSSR count). The van der Waals surface area contributed by atoms with E-state index < -0.39 is 18.0 Å². The molecular formula is C7H9F3N2OS. The fraction of sp³-hybridized carbons (Fsp3) is 0.571. The first-order chi connectivity index (χ1) is 6.43. The van der Waals surface area contributed by atoms with Crippen LogP contribution in [-0.2, 0) is 0 Å². The van der Waals surface area contributed by atoms with E-state index in [1.807, 2.05) is 0 Å². The Morgan fingerprint density at radius 2 is 2.29 bits per heavy atom. The summed E-state index contributed by atoms with van der Waals surface area (Å²) in [5, 5.41) is -1.67. The fourth-order valence-corrected chi connectivity index (χ4v) is 1.53. The lowest BCUT2D eigenvalue weighted by atomic mass is 10.4. The zero-order valence-electron chi connectivity index (χ0n) is 7.34. The molecule has 7 heteroatoms. The maximum Gasteiger partial charge on any atom is 0.402 e. The van der Waals surface area contributed by atoms with E-state index in [1.54, 1.807) is 6.92 Å². The molecule has 80 valence electrons. The van der Waals surface area contributed by atoms with Crippen molar-refractivity contribution in [2.24, 2.45) is 5.73 Å². The van der Waals surface area contributed by atoms with Crippen molar-refractivity contribution in [2.75, 3.05) is 6.54 Å². The van der Waals surface area contributed by atoms with Crippen LogP contribution in [0.1, 0.15) is 5.69 Å². The summed E-state index contributed by atoms with van der Waals surface area (Å²) in [6.07, 6.45) is -3.03. The van der Waals surface area contributed by atoms with Gasteiger partial charge in [-0.2, -0.15) is 13.2 Å². The molecule has 0 saturated carbocycles. The minimum atomic E-state index is -4.33. The van der Waals surface area contributed by atoms with Crippen molar-refractivity contribution in [2.45, 2.75) is 23.6 Å². The van der Waals surface area contributed by atoms with Gasteiger partial charge in [-0.15, -0.1) is 0 Å². The van der Waals surface area contributed by atoms with Crippen molar-refractivity contribution in [3.05, 3.63) is 12.0 Å². The largest absolute Gasteiger partial charge is 0.440 e. The van der Waals surface area contributed by atoms with E-state index >= 15 is 0 Å². The van der Waals surface area contributed by atoms with Gasteiger partial charge in [-0.1, -0.05) is 11.8 Å². The van der Waals surface area contributed by atoms with Gasteiger partial charge in [0.15, 0.2) is 0 Å². The van der Waals surface area contributed by atoms with Crippen molar-refractivity contribution in [3.8, 4) is 0 Å². The summed E-state index contributed by atoms with van der Waals surface area (Å²) in [5.41, 5.74) is 5.55. The van der Waals surface area contributed by atoms with E-state index in [9.17, 15) is 13.2 Å². The maximum absolute atomic E-state index is 12.2. The molecule has 1 atom stereocenters. The molecule has 0 bridgehead atoms. The molecular weight excluding hydrogens is 217 g/mol. The minimum absolute atomic E-state index is 0.00438. The topological polar surface area (TPSA) is 52.0 Å². The summed E-state index contributed by atoms with van der Waals surface area (Å²) in [6.45, 7) is 1.15. The second-order valence-corrected chi connectivity index (χ2v) is 3.79. The SMILES string of the molecule is Cc1coc(SC(CN)C(F)(F)F)n1. The Labute approximate surface area is 82.9 Å². The molecule has 14 heavy (non-hydrogen) atoms. The van der Waals surface area contributed by atoms with Gasteiger partial charge in [0.2, 0.25) is 0 Å². The third-order valence-corrected chi connectivity index (χ3v) is 2.55. The van der Waals surface area contributed by atoms with Gasteiger partial charge in [0.05, 0.1) is 5.69 Å². The third kappa shape index (κ3) is 2.91. The molecule has 1 aromatic heterocycles.